The van der Waals surface area contributed by atoms with Crippen LogP contribution in [0.25, 0.3) is 0 Å². The van der Waals surface area contributed by atoms with Gasteiger partial charge in [0.05, 0.1) is 6.61 Å². The average molecular weight is 1500 g/mol. The fraction of sp³-hybridized carbons (Fsp3) is 0.883. The highest BCUT2D eigenvalue weighted by atomic mass is 32.2. The normalized spacial score (nSPS) is 14.3. The number of carbonyl (C=O) groups excluding carboxylic acids is 8. The van der Waals surface area contributed by atoms with Gasteiger partial charge in [0, 0.05) is 30.8 Å². The maximum atomic E-state index is 14.5. The zero-order valence-electron chi connectivity index (χ0n) is 64.6. The van der Waals surface area contributed by atoms with Gasteiger partial charge < -0.3 is 89.8 Å². The second-order valence-corrected chi connectivity index (χ2v) is 29.7. The Morgan fingerprint density at radius 2 is 0.654 bits per heavy atom. The molecule has 0 aromatic rings. The first kappa shape index (κ1) is 99.3. The summed E-state index contributed by atoms with van der Waals surface area (Å²) >= 11 is 1.15. The SMILES string of the molecule is CCCCCCCCCCCCCCCC(=O)N[C@@H](CSCC(COC(=O)CCCCCCCCCCCCC)OC(=O)CCCCCCCCCCCCC)C(=O)N[C@@H](CO)C(=O)N[C@@H](CCCC(N)O)C(=O)N[C@@H](CCCC(N)O)C(=O)N[C@@H](CCCC(N)O)C(=O)N[C@@H](CCCCN)C(=O)O. The molecule has 0 radical (unpaired) electrons. The predicted molar refractivity (Wildman–Crippen MR) is 412 cm³/mol. The highest BCUT2D eigenvalue weighted by molar-refractivity contribution is 7.99. The number of carboxylic acids is 1. The van der Waals surface area contributed by atoms with Crippen LogP contribution in [-0.4, -0.2) is 171 Å². The molecule has 0 saturated heterocycles. The fourth-order valence-electron chi connectivity index (χ4n) is 12.3. The molecular weight excluding hydrogens is 1350 g/mol. The van der Waals surface area contributed by atoms with Crippen molar-refractivity contribution in [2.24, 2.45) is 22.9 Å². The molecule has 0 aromatic carbocycles. The van der Waals surface area contributed by atoms with Gasteiger partial charge in [-0.3, -0.25) is 38.4 Å². The number of carboxylic acid groups (broad SMARTS) is 1. The second kappa shape index (κ2) is 68.8. The number of aliphatic carboxylic acids is 1. The van der Waals surface area contributed by atoms with Gasteiger partial charge in [0.2, 0.25) is 35.4 Å². The number of esters is 2. The number of hydrogen-bond donors (Lipinski definition) is 15. The number of thioether (sulfide) groups is 1. The number of nitrogens with one attached hydrogen (secondary N) is 6. The molecule has 0 aliphatic rings. The summed E-state index contributed by atoms with van der Waals surface area (Å²) in [4.78, 5) is 124. The van der Waals surface area contributed by atoms with E-state index in [2.05, 4.69) is 52.7 Å². The van der Waals surface area contributed by atoms with Gasteiger partial charge >= 0.3 is 17.9 Å². The summed E-state index contributed by atoms with van der Waals surface area (Å²) < 4.78 is 11.7. The first-order chi connectivity index (χ1) is 50.1. The van der Waals surface area contributed by atoms with Crippen LogP contribution >= 0.6 is 11.8 Å². The summed E-state index contributed by atoms with van der Waals surface area (Å²) in [5.41, 5.74) is 22.4. The van der Waals surface area contributed by atoms with Crippen LogP contribution in [0.1, 0.15) is 342 Å². The van der Waals surface area contributed by atoms with Crippen molar-refractivity contribution in [2.45, 2.75) is 403 Å². The van der Waals surface area contributed by atoms with Gasteiger partial charge in [0.25, 0.3) is 0 Å². The Kier molecular flexibility index (Phi) is 65.6. The molecule has 4 unspecified atom stereocenters. The van der Waals surface area contributed by atoms with Crippen LogP contribution in [0.4, 0.5) is 0 Å². The van der Waals surface area contributed by atoms with Crippen LogP contribution in [0.15, 0.2) is 0 Å². The quantitative estimate of drug-likeness (QED) is 0.0153. The predicted octanol–water partition coefficient (Wildman–Crippen LogP) is 9.52. The molecule has 26 nitrogen and oxygen atoms in total. The summed E-state index contributed by atoms with van der Waals surface area (Å²) in [5.74, 6) is -7.35. The molecule has 6 amide bonds. The van der Waals surface area contributed by atoms with E-state index in [1.54, 1.807) is 0 Å². The maximum absolute atomic E-state index is 14.5. The minimum atomic E-state index is -1.73. The van der Waals surface area contributed by atoms with E-state index >= 15 is 0 Å². The van der Waals surface area contributed by atoms with Crippen LogP contribution in [0.3, 0.4) is 0 Å². The first-order valence-electron chi connectivity index (χ1n) is 40.7. The fourth-order valence-corrected chi connectivity index (χ4v) is 13.3. The number of amides is 6. The standard InChI is InChI=1S/C77H148N10O16S/c1-4-7-10-13-16-19-22-23-26-27-30-33-36-51-69(92)82-65(58-104-57-59(103-71(94)53-38-35-32-29-25-21-18-15-12-9-6-3)56-102-70(93)52-37-34-31-28-24-20-17-14-11-8-5-2)76(99)87-64(55-88)75(98)85-61(46-42-49-67(80)90)73(96)83-60(45-41-48-66(79)89)72(95)84-62(47-43-50-68(81)91)74(97)86-63(77(100)101)44-39-40-54-78/h59-68,88-91H,4-58,78-81H2,1-3H3,(H,82,92)(H,83,96)(H,84,95)(H,85,98)(H,86,97)(H,87,99)(H,100,101)/t59?,60-,61-,62-,63-,64-,65-,66?,67?,68?/m0/s1. The number of aliphatic hydroxyl groups excluding tert-OH is 4. The first-order valence-corrected chi connectivity index (χ1v) is 41.9. The zero-order valence-corrected chi connectivity index (χ0v) is 65.4. The molecule has 19 N–H and O–H groups in total. The lowest BCUT2D eigenvalue weighted by Crippen LogP contribution is -2.60. The Morgan fingerprint density at radius 3 is 1.00 bits per heavy atom. The van der Waals surface area contributed by atoms with Crippen molar-refractivity contribution in [2.75, 3.05) is 31.3 Å². The molecule has 0 heterocycles. The Morgan fingerprint density at radius 1 is 0.346 bits per heavy atom. The molecule has 27 heteroatoms. The third kappa shape index (κ3) is 58.4. The molecule has 0 spiro atoms. The van der Waals surface area contributed by atoms with E-state index in [1.807, 2.05) is 0 Å². The largest absolute Gasteiger partial charge is 0.480 e. The summed E-state index contributed by atoms with van der Waals surface area (Å²) in [7, 11) is 0. The Balaban J connectivity index is 6.81. The van der Waals surface area contributed by atoms with Crippen molar-refractivity contribution in [3.05, 3.63) is 0 Å². The molecule has 0 rings (SSSR count). The topological polar surface area (TPSA) is 449 Å². The molecule has 0 saturated carbocycles. The smallest absolute Gasteiger partial charge is 0.326 e. The van der Waals surface area contributed by atoms with Crippen LogP contribution < -0.4 is 54.8 Å². The van der Waals surface area contributed by atoms with Crippen LogP contribution in [0, 0.1) is 0 Å². The molecule has 0 bridgehead atoms. The van der Waals surface area contributed by atoms with E-state index in [0.29, 0.717) is 38.6 Å². The van der Waals surface area contributed by atoms with Crippen LogP contribution in [-0.2, 0) is 52.6 Å². The lowest BCUT2D eigenvalue weighted by Gasteiger charge is -2.27. The van der Waals surface area contributed by atoms with E-state index in [9.17, 15) is 68.7 Å². The molecule has 0 aliphatic carbocycles. The minimum Gasteiger partial charge on any atom is -0.480 e. The minimum absolute atomic E-state index is 0.00708. The second-order valence-electron chi connectivity index (χ2n) is 28.6. The van der Waals surface area contributed by atoms with E-state index in [4.69, 9.17) is 32.4 Å². The van der Waals surface area contributed by atoms with Crippen LogP contribution in [0.5, 0.6) is 0 Å². The van der Waals surface area contributed by atoms with E-state index in [-0.39, 0.29) is 102 Å². The summed E-state index contributed by atoms with van der Waals surface area (Å²) in [6.45, 7) is 5.70. The van der Waals surface area contributed by atoms with Crippen molar-refractivity contribution in [1.29, 1.82) is 0 Å². The van der Waals surface area contributed by atoms with Gasteiger partial charge in [-0.1, -0.05) is 226 Å². The van der Waals surface area contributed by atoms with Crippen molar-refractivity contribution >= 4 is 65.1 Å². The Bertz CT molecular complexity index is 2210. The molecule has 0 aromatic heterocycles. The number of aliphatic hydroxyl groups is 4. The molecule has 0 aliphatic heterocycles. The third-order valence-corrected chi connectivity index (χ3v) is 19.9. The lowest BCUT2D eigenvalue weighted by atomic mass is 10.0. The highest BCUT2D eigenvalue weighted by Gasteiger charge is 2.34. The van der Waals surface area contributed by atoms with Gasteiger partial charge in [-0.15, -0.1) is 0 Å². The average Bonchev–Trinajstić information content (AvgIpc) is 0.866. The molecule has 10 atom stereocenters. The van der Waals surface area contributed by atoms with Crippen molar-refractivity contribution in [3.8, 4) is 0 Å². The van der Waals surface area contributed by atoms with Gasteiger partial charge in [0.1, 0.15) is 67.6 Å². The molecule has 0 fully saturated rings. The Hall–Kier alpha value is -4.74. The third-order valence-electron chi connectivity index (χ3n) is 18.7. The van der Waals surface area contributed by atoms with Gasteiger partial charge in [-0.25, -0.2) is 4.79 Å². The number of nitrogens with two attached hydrogens (primary N) is 4. The van der Waals surface area contributed by atoms with E-state index in [1.165, 1.54) is 128 Å². The molecule has 104 heavy (non-hydrogen) atoms. The monoisotopic (exact) mass is 1500 g/mol. The van der Waals surface area contributed by atoms with E-state index in [0.717, 1.165) is 88.8 Å². The van der Waals surface area contributed by atoms with Crippen molar-refractivity contribution in [1.82, 2.24) is 31.9 Å². The van der Waals surface area contributed by atoms with Crippen LogP contribution in [0.2, 0.25) is 0 Å². The number of ether oxygens (including phenoxy) is 2. The summed E-state index contributed by atoms with van der Waals surface area (Å²) in [6, 6.07) is -8.79. The van der Waals surface area contributed by atoms with Crippen molar-refractivity contribution in [3.63, 3.8) is 0 Å². The van der Waals surface area contributed by atoms with Gasteiger partial charge in [-0.2, -0.15) is 11.8 Å². The lowest BCUT2D eigenvalue weighted by molar-refractivity contribution is -0.157. The number of carbonyl (C=O) groups is 9. The van der Waals surface area contributed by atoms with E-state index < -0.39 is 121 Å². The maximum Gasteiger partial charge on any atom is 0.326 e. The van der Waals surface area contributed by atoms with Crippen molar-refractivity contribution < 1.29 is 78.2 Å². The zero-order chi connectivity index (χ0) is 77.2. The summed E-state index contributed by atoms with van der Waals surface area (Å²) in [5, 5.41) is 65.9. The van der Waals surface area contributed by atoms with Gasteiger partial charge in [-0.05, 0) is 103 Å². The summed E-state index contributed by atoms with van der Waals surface area (Å²) in [6.07, 6.45) is 35.0. The molecule has 608 valence electrons. The highest BCUT2D eigenvalue weighted by Crippen LogP contribution is 2.19. The number of rotatable bonds is 74. The molecular formula is C77H148N10O16S. The number of hydrogen-bond acceptors (Lipinski definition) is 20. The number of unbranched alkanes of at least 4 members (excludes halogenated alkanes) is 33. The van der Waals surface area contributed by atoms with Gasteiger partial charge in [0.15, 0.2) is 0 Å². The Labute approximate surface area is 629 Å².